The molecule has 0 heterocycles. The Morgan fingerprint density at radius 2 is 1.71 bits per heavy atom. The molecule has 1 atom stereocenters. The molecule has 1 unspecified atom stereocenters. The molecule has 0 bridgehead atoms. The molecule has 10 heteroatoms. The topological polar surface area (TPSA) is 133 Å². The van der Waals surface area contributed by atoms with Gasteiger partial charge in [-0.15, -0.1) is 0 Å². The zero-order valence-electron chi connectivity index (χ0n) is 11.9. The van der Waals surface area contributed by atoms with Crippen LogP contribution in [0.3, 0.4) is 0 Å². The van der Waals surface area contributed by atoms with Crippen molar-refractivity contribution in [2.45, 2.75) is 6.10 Å². The van der Waals surface area contributed by atoms with Crippen LogP contribution in [0.1, 0.15) is 11.7 Å². The highest BCUT2D eigenvalue weighted by atomic mass is 32.2. The summed E-state index contributed by atoms with van der Waals surface area (Å²) in [6.45, 7) is 0.419. The average Bonchev–Trinajstić information content (AvgIpc) is 2.25. The molecule has 0 saturated carbocycles. The van der Waals surface area contributed by atoms with E-state index in [0.29, 0.717) is 24.1 Å². The minimum Gasteiger partial charge on any atom is -0.387 e. The van der Waals surface area contributed by atoms with E-state index in [1.54, 1.807) is 31.3 Å². The highest BCUT2D eigenvalue weighted by molar-refractivity contribution is 7.92. The van der Waals surface area contributed by atoms with E-state index in [9.17, 15) is 21.9 Å². The Kier molecular flexibility index (Phi) is 7.82. The number of anilines is 1. The standard InChI is InChI=1S/C10H16N2O3S.CH4O3S/c1-11-7-10(13)8-4-3-5-9(6-8)12-16(2,14)15;1-5(2,3)4/h3-6,10-13H,7H2,1-2H3;1H3,(H,2,3,4). The molecule has 0 aromatic heterocycles. The summed E-state index contributed by atoms with van der Waals surface area (Å²) in [5.74, 6) is 0. The van der Waals surface area contributed by atoms with Crippen LogP contribution in [-0.2, 0) is 20.1 Å². The quantitative estimate of drug-likeness (QED) is 0.546. The lowest BCUT2D eigenvalue weighted by Gasteiger charge is -2.12. The number of hydrogen-bond acceptors (Lipinski definition) is 6. The van der Waals surface area contributed by atoms with Crippen molar-refractivity contribution in [3.63, 3.8) is 0 Å². The smallest absolute Gasteiger partial charge is 0.261 e. The number of sulfonamides is 1. The van der Waals surface area contributed by atoms with Gasteiger partial charge in [-0.1, -0.05) is 12.1 Å². The van der Waals surface area contributed by atoms with Crippen LogP contribution in [0.2, 0.25) is 0 Å². The van der Waals surface area contributed by atoms with E-state index in [2.05, 4.69) is 10.0 Å². The molecule has 0 aliphatic heterocycles. The van der Waals surface area contributed by atoms with E-state index in [0.717, 1.165) is 6.26 Å². The number of hydrogen-bond donors (Lipinski definition) is 4. The molecule has 1 rings (SSSR count). The molecule has 21 heavy (non-hydrogen) atoms. The van der Waals surface area contributed by atoms with Gasteiger partial charge in [0.1, 0.15) is 0 Å². The van der Waals surface area contributed by atoms with E-state index in [4.69, 9.17) is 4.55 Å². The van der Waals surface area contributed by atoms with Gasteiger partial charge < -0.3 is 10.4 Å². The Balaban J connectivity index is 0.000000690. The summed E-state index contributed by atoms with van der Waals surface area (Å²) in [7, 11) is -5.21. The van der Waals surface area contributed by atoms with Crippen molar-refractivity contribution in [3.05, 3.63) is 29.8 Å². The molecule has 0 spiro atoms. The monoisotopic (exact) mass is 340 g/mol. The third-order valence-corrected chi connectivity index (χ3v) is 2.58. The highest BCUT2D eigenvalue weighted by Gasteiger charge is 2.08. The Labute approximate surface area is 125 Å². The molecule has 1 aromatic carbocycles. The number of aliphatic hydroxyl groups is 1. The predicted molar refractivity (Wildman–Crippen MR) is 81.3 cm³/mol. The molecule has 8 nitrogen and oxygen atoms in total. The van der Waals surface area contributed by atoms with Gasteiger partial charge in [0.05, 0.1) is 18.6 Å². The van der Waals surface area contributed by atoms with E-state index in [1.807, 2.05) is 0 Å². The van der Waals surface area contributed by atoms with Gasteiger partial charge in [-0.2, -0.15) is 8.42 Å². The normalized spacial score (nSPS) is 13.0. The molecule has 0 aliphatic rings. The molecular formula is C11H20N2O6S2. The number of nitrogens with one attached hydrogen (secondary N) is 2. The van der Waals surface area contributed by atoms with Crippen LogP contribution < -0.4 is 10.0 Å². The van der Waals surface area contributed by atoms with Crippen molar-refractivity contribution in [3.8, 4) is 0 Å². The predicted octanol–water partition coefficient (Wildman–Crippen LogP) is -0.185. The zero-order valence-corrected chi connectivity index (χ0v) is 13.6. The lowest BCUT2D eigenvalue weighted by Crippen LogP contribution is -2.17. The first-order chi connectivity index (χ1) is 9.42. The van der Waals surface area contributed by atoms with Crippen LogP contribution in [0.4, 0.5) is 5.69 Å². The Bertz CT molecular complexity index is 634. The second kappa shape index (κ2) is 8.29. The van der Waals surface area contributed by atoms with Crippen LogP contribution >= 0.6 is 0 Å². The lowest BCUT2D eigenvalue weighted by atomic mass is 10.1. The van der Waals surface area contributed by atoms with Gasteiger partial charge >= 0.3 is 0 Å². The summed E-state index contributed by atoms with van der Waals surface area (Å²) in [5.41, 5.74) is 1.12. The van der Waals surface area contributed by atoms with Gasteiger partial charge in [-0.3, -0.25) is 9.27 Å². The van der Waals surface area contributed by atoms with E-state index < -0.39 is 26.2 Å². The minimum absolute atomic E-state index is 0.419. The maximum absolute atomic E-state index is 11.0. The molecule has 0 aliphatic carbocycles. The highest BCUT2D eigenvalue weighted by Crippen LogP contribution is 2.17. The van der Waals surface area contributed by atoms with Crippen LogP contribution in [0, 0.1) is 0 Å². The van der Waals surface area contributed by atoms with E-state index in [1.165, 1.54) is 0 Å². The molecular weight excluding hydrogens is 320 g/mol. The number of likely N-dealkylation sites (N-methyl/N-ethyl adjacent to an activating group) is 1. The minimum atomic E-state index is -3.67. The van der Waals surface area contributed by atoms with Crippen molar-refractivity contribution >= 4 is 25.8 Å². The third kappa shape index (κ3) is 12.3. The largest absolute Gasteiger partial charge is 0.387 e. The summed E-state index contributed by atoms with van der Waals surface area (Å²) in [6.07, 6.45) is 1.16. The van der Waals surface area contributed by atoms with Gasteiger partial charge in [0.15, 0.2) is 0 Å². The maximum atomic E-state index is 11.0. The third-order valence-electron chi connectivity index (χ3n) is 1.97. The van der Waals surface area contributed by atoms with Gasteiger partial charge in [0.25, 0.3) is 10.1 Å². The second-order valence-corrected chi connectivity index (χ2v) is 7.52. The molecule has 0 radical (unpaired) electrons. The Morgan fingerprint density at radius 1 is 1.19 bits per heavy atom. The SMILES string of the molecule is CNCC(O)c1cccc(NS(C)(=O)=O)c1.CS(=O)(=O)O. The fourth-order valence-corrected chi connectivity index (χ4v) is 1.89. The van der Waals surface area contributed by atoms with Crippen LogP contribution in [-0.4, -0.2) is 52.6 Å². The first-order valence-corrected chi connectivity index (χ1v) is 9.49. The van der Waals surface area contributed by atoms with Crippen LogP contribution in [0.25, 0.3) is 0 Å². The molecule has 1 aromatic rings. The summed E-state index contributed by atoms with van der Waals surface area (Å²) < 4.78 is 50.3. The molecule has 0 saturated heterocycles. The van der Waals surface area contributed by atoms with E-state index >= 15 is 0 Å². The van der Waals surface area contributed by atoms with Crippen molar-refractivity contribution < 1.29 is 26.5 Å². The van der Waals surface area contributed by atoms with E-state index in [-0.39, 0.29) is 0 Å². The number of benzene rings is 1. The second-order valence-electron chi connectivity index (χ2n) is 4.31. The Hall–Kier alpha value is -1.20. The molecule has 0 fully saturated rings. The van der Waals surface area contributed by atoms with Crippen molar-refractivity contribution in [2.24, 2.45) is 0 Å². The average molecular weight is 340 g/mol. The summed E-state index contributed by atoms with van der Waals surface area (Å²) >= 11 is 0. The first-order valence-electron chi connectivity index (χ1n) is 5.75. The number of rotatable bonds is 5. The molecule has 122 valence electrons. The lowest BCUT2D eigenvalue weighted by molar-refractivity contribution is 0.178. The molecule has 0 amide bonds. The van der Waals surface area contributed by atoms with Gasteiger partial charge in [-0.25, -0.2) is 8.42 Å². The number of aliphatic hydroxyl groups excluding tert-OH is 1. The van der Waals surface area contributed by atoms with Gasteiger partial charge in [-0.05, 0) is 24.7 Å². The van der Waals surface area contributed by atoms with Gasteiger partial charge in [0, 0.05) is 12.2 Å². The van der Waals surface area contributed by atoms with Crippen molar-refractivity contribution in [1.82, 2.24) is 5.32 Å². The van der Waals surface area contributed by atoms with Crippen molar-refractivity contribution in [1.29, 1.82) is 0 Å². The van der Waals surface area contributed by atoms with Gasteiger partial charge in [0.2, 0.25) is 10.0 Å². The summed E-state index contributed by atoms with van der Waals surface area (Å²) in [4.78, 5) is 0. The summed E-state index contributed by atoms with van der Waals surface area (Å²) in [5, 5.41) is 12.5. The van der Waals surface area contributed by atoms with Crippen molar-refractivity contribution in [2.75, 3.05) is 30.8 Å². The Morgan fingerprint density at radius 3 is 2.14 bits per heavy atom. The molecule has 4 N–H and O–H groups in total. The fourth-order valence-electron chi connectivity index (χ4n) is 1.33. The fraction of sp³-hybridized carbons (Fsp3) is 0.455. The van der Waals surface area contributed by atoms with Crippen LogP contribution in [0.5, 0.6) is 0 Å². The van der Waals surface area contributed by atoms with Crippen LogP contribution in [0.15, 0.2) is 24.3 Å². The zero-order chi connectivity index (χ0) is 16.7. The first kappa shape index (κ1) is 19.8. The maximum Gasteiger partial charge on any atom is 0.261 e. The summed E-state index contributed by atoms with van der Waals surface area (Å²) in [6, 6.07) is 6.69.